The molecule has 1 amide bonds. The summed E-state index contributed by atoms with van der Waals surface area (Å²) in [5, 5.41) is 13.9. The molecule has 160 valence electrons. The second-order valence-electron chi connectivity index (χ2n) is 8.83. The van der Waals surface area contributed by atoms with E-state index in [4.69, 9.17) is 0 Å². The van der Waals surface area contributed by atoms with Crippen LogP contribution in [0.3, 0.4) is 0 Å². The van der Waals surface area contributed by atoms with Gasteiger partial charge in [0.15, 0.2) is 0 Å². The zero-order valence-corrected chi connectivity index (χ0v) is 17.7. The molecule has 2 aliphatic rings. The quantitative estimate of drug-likeness (QED) is 0.798. The first-order valence-corrected chi connectivity index (χ1v) is 10.6. The van der Waals surface area contributed by atoms with Crippen LogP contribution in [0.25, 0.3) is 0 Å². The molecule has 8 nitrogen and oxygen atoms in total. The molecule has 8 heteroatoms. The summed E-state index contributed by atoms with van der Waals surface area (Å²) in [4.78, 5) is 29.8. The number of carbonyl (C=O) groups is 1. The van der Waals surface area contributed by atoms with E-state index >= 15 is 0 Å². The maximum Gasteiger partial charge on any atom is 0.255 e. The van der Waals surface area contributed by atoms with Crippen LogP contribution in [0.1, 0.15) is 43.5 Å². The smallest absolute Gasteiger partial charge is 0.255 e. The van der Waals surface area contributed by atoms with E-state index in [9.17, 15) is 9.90 Å². The normalized spacial score (nSPS) is 21.1. The van der Waals surface area contributed by atoms with E-state index in [-0.39, 0.29) is 11.3 Å². The molecule has 2 aromatic heterocycles. The molecule has 0 bridgehead atoms. The standard InChI is InChI=1S/C22H30N6O2/c1-16(2)26-19-10-20(25-15-24-19)27-8-5-22(6-9-27)11-18(29)13-28(14-22)21(30)17-4-3-7-23-12-17/h3-4,7,10,12,15-16,18,29H,5-6,8-9,11,13-14H2,1-2H3,(H,24,25,26). The monoisotopic (exact) mass is 410 g/mol. The first kappa shape index (κ1) is 20.5. The minimum Gasteiger partial charge on any atom is -0.391 e. The van der Waals surface area contributed by atoms with Gasteiger partial charge in [0.25, 0.3) is 5.91 Å². The lowest BCUT2D eigenvalue weighted by Gasteiger charge is -2.49. The number of aromatic nitrogens is 3. The van der Waals surface area contributed by atoms with Crippen LogP contribution >= 0.6 is 0 Å². The van der Waals surface area contributed by atoms with E-state index in [1.165, 1.54) is 0 Å². The van der Waals surface area contributed by atoms with Crippen molar-refractivity contribution in [2.45, 2.75) is 45.3 Å². The van der Waals surface area contributed by atoms with Gasteiger partial charge in [-0.3, -0.25) is 9.78 Å². The van der Waals surface area contributed by atoms with Crippen LogP contribution in [0.15, 0.2) is 36.9 Å². The van der Waals surface area contributed by atoms with Crippen molar-refractivity contribution in [1.29, 1.82) is 0 Å². The van der Waals surface area contributed by atoms with Crippen molar-refractivity contribution in [2.24, 2.45) is 5.41 Å². The number of pyridine rings is 1. The number of piperidine rings is 2. The molecule has 2 saturated heterocycles. The van der Waals surface area contributed by atoms with Gasteiger partial charge < -0.3 is 20.2 Å². The molecule has 0 saturated carbocycles. The lowest BCUT2D eigenvalue weighted by molar-refractivity contribution is -0.0150. The number of β-amino-alcohol motifs (C(OH)–C–C–N with tert-alkyl or cyclic N) is 1. The molecule has 1 unspecified atom stereocenters. The Morgan fingerprint density at radius 3 is 2.80 bits per heavy atom. The van der Waals surface area contributed by atoms with Gasteiger partial charge in [-0.2, -0.15) is 0 Å². The number of likely N-dealkylation sites (tertiary alicyclic amines) is 1. The summed E-state index contributed by atoms with van der Waals surface area (Å²) in [6.07, 6.45) is 6.93. The predicted octanol–water partition coefficient (Wildman–Crippen LogP) is 2.19. The summed E-state index contributed by atoms with van der Waals surface area (Å²) < 4.78 is 0. The number of anilines is 2. The molecule has 2 fully saturated rings. The molecule has 2 aliphatic heterocycles. The van der Waals surface area contributed by atoms with Crippen molar-refractivity contribution < 1.29 is 9.90 Å². The summed E-state index contributed by atoms with van der Waals surface area (Å²) >= 11 is 0. The Balaban J connectivity index is 1.43. The third-order valence-electron chi connectivity index (χ3n) is 6.06. The Morgan fingerprint density at radius 2 is 2.10 bits per heavy atom. The Hall–Kier alpha value is -2.74. The Kier molecular flexibility index (Phi) is 5.85. The van der Waals surface area contributed by atoms with E-state index in [1.54, 1.807) is 35.8 Å². The minimum atomic E-state index is -0.494. The number of nitrogens with one attached hydrogen (secondary N) is 1. The highest BCUT2D eigenvalue weighted by Crippen LogP contribution is 2.41. The van der Waals surface area contributed by atoms with Crippen LogP contribution in [0, 0.1) is 5.41 Å². The molecule has 4 heterocycles. The number of nitrogens with zero attached hydrogens (tertiary/aromatic N) is 5. The highest BCUT2D eigenvalue weighted by molar-refractivity contribution is 5.94. The molecule has 30 heavy (non-hydrogen) atoms. The number of amides is 1. The Labute approximate surface area is 177 Å². The molecule has 2 aromatic rings. The van der Waals surface area contributed by atoms with Crippen LogP contribution in [0.5, 0.6) is 0 Å². The summed E-state index contributed by atoms with van der Waals surface area (Å²) in [7, 11) is 0. The molecular formula is C22H30N6O2. The fourth-order valence-corrected chi connectivity index (χ4v) is 4.65. The van der Waals surface area contributed by atoms with E-state index in [1.807, 2.05) is 6.07 Å². The van der Waals surface area contributed by atoms with Crippen molar-refractivity contribution in [3.63, 3.8) is 0 Å². The molecule has 2 N–H and O–H groups in total. The van der Waals surface area contributed by atoms with Crippen molar-refractivity contribution in [2.75, 3.05) is 36.4 Å². The maximum absolute atomic E-state index is 12.9. The number of rotatable bonds is 4. The van der Waals surface area contributed by atoms with E-state index in [0.717, 1.165) is 44.0 Å². The van der Waals surface area contributed by atoms with Crippen LogP contribution in [-0.2, 0) is 0 Å². The molecule has 0 aromatic carbocycles. The summed E-state index contributed by atoms with van der Waals surface area (Å²) in [6, 6.07) is 5.85. The summed E-state index contributed by atoms with van der Waals surface area (Å²) in [5.74, 6) is 1.70. The second kappa shape index (κ2) is 8.55. The minimum absolute atomic E-state index is 0.0520. The van der Waals surface area contributed by atoms with Crippen LogP contribution in [0.2, 0.25) is 0 Å². The second-order valence-corrected chi connectivity index (χ2v) is 8.83. The average molecular weight is 411 g/mol. The number of aliphatic hydroxyl groups excluding tert-OH is 1. The van der Waals surface area contributed by atoms with Gasteiger partial charge in [-0.25, -0.2) is 9.97 Å². The molecule has 1 spiro atoms. The largest absolute Gasteiger partial charge is 0.391 e. The predicted molar refractivity (Wildman–Crippen MR) is 115 cm³/mol. The third kappa shape index (κ3) is 4.53. The van der Waals surface area contributed by atoms with Gasteiger partial charge in [-0.15, -0.1) is 0 Å². The van der Waals surface area contributed by atoms with Crippen molar-refractivity contribution in [3.05, 3.63) is 42.5 Å². The van der Waals surface area contributed by atoms with Crippen molar-refractivity contribution >= 4 is 17.5 Å². The Morgan fingerprint density at radius 1 is 1.30 bits per heavy atom. The first-order valence-electron chi connectivity index (χ1n) is 10.6. The van der Waals surface area contributed by atoms with Gasteiger partial charge in [0.05, 0.1) is 11.7 Å². The van der Waals surface area contributed by atoms with Crippen LogP contribution in [0.4, 0.5) is 11.6 Å². The Bertz CT molecular complexity index is 867. The van der Waals surface area contributed by atoms with E-state index in [2.05, 4.69) is 39.0 Å². The number of hydrogen-bond acceptors (Lipinski definition) is 7. The van der Waals surface area contributed by atoms with Crippen LogP contribution in [-0.4, -0.2) is 69.2 Å². The lowest BCUT2D eigenvalue weighted by atomic mass is 9.71. The summed E-state index contributed by atoms with van der Waals surface area (Å²) in [5.41, 5.74) is 0.517. The SMILES string of the molecule is CC(C)Nc1cc(N2CCC3(CC2)CC(O)CN(C(=O)c2cccnc2)C3)ncn1. The zero-order valence-electron chi connectivity index (χ0n) is 17.7. The topological polar surface area (TPSA) is 94.5 Å². The third-order valence-corrected chi connectivity index (χ3v) is 6.06. The van der Waals surface area contributed by atoms with Gasteiger partial charge in [0.2, 0.25) is 0 Å². The highest BCUT2D eigenvalue weighted by Gasteiger charge is 2.43. The summed E-state index contributed by atoms with van der Waals surface area (Å²) in [6.45, 7) is 6.92. The van der Waals surface area contributed by atoms with E-state index < -0.39 is 6.10 Å². The van der Waals surface area contributed by atoms with Gasteiger partial charge in [-0.05, 0) is 50.7 Å². The lowest BCUT2D eigenvalue weighted by Crippen LogP contribution is -2.55. The number of aliphatic hydroxyl groups is 1. The average Bonchev–Trinajstić information content (AvgIpc) is 2.73. The van der Waals surface area contributed by atoms with Crippen molar-refractivity contribution in [1.82, 2.24) is 19.9 Å². The molecule has 0 aliphatic carbocycles. The van der Waals surface area contributed by atoms with E-state index in [0.29, 0.717) is 24.7 Å². The highest BCUT2D eigenvalue weighted by atomic mass is 16.3. The first-order chi connectivity index (χ1) is 14.4. The van der Waals surface area contributed by atoms with Gasteiger partial charge in [0, 0.05) is 50.7 Å². The molecule has 0 radical (unpaired) electrons. The van der Waals surface area contributed by atoms with Gasteiger partial charge in [-0.1, -0.05) is 0 Å². The van der Waals surface area contributed by atoms with Gasteiger partial charge in [0.1, 0.15) is 18.0 Å². The number of hydrogen-bond donors (Lipinski definition) is 2. The fraction of sp³-hybridized carbons (Fsp3) is 0.545. The fourth-order valence-electron chi connectivity index (χ4n) is 4.65. The van der Waals surface area contributed by atoms with Crippen molar-refractivity contribution in [3.8, 4) is 0 Å². The molecular weight excluding hydrogens is 380 g/mol. The zero-order chi connectivity index (χ0) is 21.1. The van der Waals surface area contributed by atoms with Crippen LogP contribution < -0.4 is 10.2 Å². The molecule has 1 atom stereocenters. The molecule has 4 rings (SSSR count). The number of carbonyl (C=O) groups excluding carboxylic acids is 1. The van der Waals surface area contributed by atoms with Gasteiger partial charge >= 0.3 is 0 Å². The maximum atomic E-state index is 12.9.